The van der Waals surface area contributed by atoms with Crippen LogP contribution in [0.15, 0.2) is 18.2 Å². The molecule has 0 aliphatic carbocycles. The van der Waals surface area contributed by atoms with Crippen LogP contribution in [0.1, 0.15) is 29.8 Å². The van der Waals surface area contributed by atoms with Gasteiger partial charge in [-0.2, -0.15) is 0 Å². The summed E-state index contributed by atoms with van der Waals surface area (Å²) in [6.45, 7) is 7.25. The van der Waals surface area contributed by atoms with Crippen LogP contribution in [0, 0.1) is 12.8 Å². The van der Waals surface area contributed by atoms with Crippen LogP contribution in [0.3, 0.4) is 0 Å². The molecule has 0 aliphatic rings. The van der Waals surface area contributed by atoms with E-state index in [0.29, 0.717) is 17.8 Å². The maximum Gasteiger partial charge on any atom is 0.251 e. The van der Waals surface area contributed by atoms with E-state index in [4.69, 9.17) is 0 Å². The Labute approximate surface area is 120 Å². The molecule has 0 aliphatic heterocycles. The van der Waals surface area contributed by atoms with Gasteiger partial charge in [0.25, 0.3) is 5.91 Å². The molecule has 5 nitrogen and oxygen atoms in total. The van der Waals surface area contributed by atoms with Crippen LogP contribution in [0.2, 0.25) is 0 Å². The Bertz CT molecular complexity index is 486. The Morgan fingerprint density at radius 2 is 2.00 bits per heavy atom. The zero-order valence-corrected chi connectivity index (χ0v) is 12.5. The Balaban J connectivity index is 2.80. The van der Waals surface area contributed by atoms with E-state index >= 15 is 0 Å². The normalized spacial score (nSPS) is 11.8. The molecular weight excluding hydrogens is 254 g/mol. The van der Waals surface area contributed by atoms with E-state index in [2.05, 4.69) is 16.0 Å². The van der Waals surface area contributed by atoms with Crippen molar-refractivity contribution in [3.8, 4) is 0 Å². The topological polar surface area (TPSA) is 70.2 Å². The van der Waals surface area contributed by atoms with Crippen molar-refractivity contribution < 1.29 is 9.59 Å². The molecule has 0 heterocycles. The molecule has 1 rings (SSSR count). The standard InChI is InChI=1S/C15H23N3O2/c1-5-17-9-11(3)14(19)18-13-8-12(15(20)16-4)7-6-10(13)2/h6-8,11,17H,5,9H2,1-4H3,(H,16,20)(H,18,19). The zero-order valence-electron chi connectivity index (χ0n) is 12.5. The largest absolute Gasteiger partial charge is 0.355 e. The summed E-state index contributed by atoms with van der Waals surface area (Å²) in [5.74, 6) is -0.345. The van der Waals surface area contributed by atoms with Gasteiger partial charge in [-0.1, -0.05) is 19.9 Å². The van der Waals surface area contributed by atoms with Crippen LogP contribution < -0.4 is 16.0 Å². The number of aryl methyl sites for hydroxylation is 1. The fraction of sp³-hybridized carbons (Fsp3) is 0.467. The molecule has 1 aromatic rings. The maximum atomic E-state index is 12.1. The van der Waals surface area contributed by atoms with Crippen molar-refractivity contribution in [3.63, 3.8) is 0 Å². The molecule has 0 bridgehead atoms. The molecule has 1 aromatic carbocycles. The summed E-state index contributed by atoms with van der Waals surface area (Å²) < 4.78 is 0. The zero-order chi connectivity index (χ0) is 15.1. The molecule has 0 aromatic heterocycles. The minimum Gasteiger partial charge on any atom is -0.355 e. The summed E-state index contributed by atoms with van der Waals surface area (Å²) in [5, 5.41) is 8.59. The molecule has 0 saturated carbocycles. The van der Waals surface area contributed by atoms with Crippen LogP contribution in [-0.4, -0.2) is 32.0 Å². The van der Waals surface area contributed by atoms with Crippen molar-refractivity contribution in [2.45, 2.75) is 20.8 Å². The maximum absolute atomic E-state index is 12.1. The highest BCUT2D eigenvalue weighted by Gasteiger charge is 2.14. The molecule has 5 heteroatoms. The fourth-order valence-corrected chi connectivity index (χ4v) is 1.75. The first-order chi connectivity index (χ1) is 9.49. The molecule has 0 saturated heterocycles. The molecule has 0 fully saturated rings. The van der Waals surface area contributed by atoms with Crippen molar-refractivity contribution in [1.82, 2.24) is 10.6 Å². The molecule has 2 amide bonds. The second kappa shape index (κ2) is 7.65. The Kier molecular flexibility index (Phi) is 6.18. The van der Waals surface area contributed by atoms with E-state index in [1.165, 1.54) is 0 Å². The highest BCUT2D eigenvalue weighted by atomic mass is 16.2. The van der Waals surface area contributed by atoms with Crippen LogP contribution in [0.4, 0.5) is 5.69 Å². The Morgan fingerprint density at radius 3 is 2.60 bits per heavy atom. The second-order valence-electron chi connectivity index (χ2n) is 4.81. The number of benzene rings is 1. The first kappa shape index (κ1) is 16.2. The van der Waals surface area contributed by atoms with Gasteiger partial charge in [0.2, 0.25) is 5.91 Å². The Morgan fingerprint density at radius 1 is 1.30 bits per heavy atom. The number of nitrogens with one attached hydrogen (secondary N) is 3. The van der Waals surface area contributed by atoms with Gasteiger partial charge in [-0.3, -0.25) is 9.59 Å². The van der Waals surface area contributed by atoms with E-state index in [-0.39, 0.29) is 17.7 Å². The molecule has 1 unspecified atom stereocenters. The SMILES string of the molecule is CCNCC(C)C(=O)Nc1cc(C(=O)NC)ccc1C. The number of carbonyl (C=O) groups excluding carboxylic acids is 2. The van der Waals surface area contributed by atoms with Gasteiger partial charge in [0.1, 0.15) is 0 Å². The van der Waals surface area contributed by atoms with E-state index in [0.717, 1.165) is 12.1 Å². The smallest absolute Gasteiger partial charge is 0.251 e. The number of anilines is 1. The van der Waals surface area contributed by atoms with Gasteiger partial charge in [-0.25, -0.2) is 0 Å². The molecule has 3 N–H and O–H groups in total. The van der Waals surface area contributed by atoms with Crippen molar-refractivity contribution in [3.05, 3.63) is 29.3 Å². The van der Waals surface area contributed by atoms with Crippen molar-refractivity contribution in [2.75, 3.05) is 25.5 Å². The van der Waals surface area contributed by atoms with Crippen molar-refractivity contribution >= 4 is 17.5 Å². The summed E-state index contributed by atoms with van der Waals surface area (Å²) in [7, 11) is 1.58. The van der Waals surface area contributed by atoms with Gasteiger partial charge in [0, 0.05) is 30.8 Å². The predicted octanol–water partition coefficient (Wildman–Crippen LogP) is 1.54. The third-order valence-electron chi connectivity index (χ3n) is 3.13. The van der Waals surface area contributed by atoms with Gasteiger partial charge in [-0.15, -0.1) is 0 Å². The monoisotopic (exact) mass is 277 g/mol. The van der Waals surface area contributed by atoms with Crippen LogP contribution in [0.5, 0.6) is 0 Å². The van der Waals surface area contributed by atoms with Crippen molar-refractivity contribution in [1.29, 1.82) is 0 Å². The van der Waals surface area contributed by atoms with Crippen molar-refractivity contribution in [2.24, 2.45) is 5.92 Å². The summed E-state index contributed by atoms with van der Waals surface area (Å²) >= 11 is 0. The molecule has 1 atom stereocenters. The lowest BCUT2D eigenvalue weighted by Gasteiger charge is -2.14. The second-order valence-corrected chi connectivity index (χ2v) is 4.81. The molecule has 20 heavy (non-hydrogen) atoms. The predicted molar refractivity (Wildman–Crippen MR) is 80.9 cm³/mol. The minimum absolute atomic E-state index is 0.0527. The van der Waals surface area contributed by atoms with Gasteiger partial charge >= 0.3 is 0 Å². The van der Waals surface area contributed by atoms with Crippen LogP contribution >= 0.6 is 0 Å². The first-order valence-corrected chi connectivity index (χ1v) is 6.83. The lowest BCUT2D eigenvalue weighted by Crippen LogP contribution is -2.30. The fourth-order valence-electron chi connectivity index (χ4n) is 1.75. The van der Waals surface area contributed by atoms with Gasteiger partial charge < -0.3 is 16.0 Å². The molecule has 0 spiro atoms. The molecule has 110 valence electrons. The number of amides is 2. The van der Waals surface area contributed by atoms with Gasteiger partial charge in [0.15, 0.2) is 0 Å². The van der Waals surface area contributed by atoms with Crippen LogP contribution in [-0.2, 0) is 4.79 Å². The number of hydrogen-bond acceptors (Lipinski definition) is 3. The third kappa shape index (κ3) is 4.35. The van der Waals surface area contributed by atoms with E-state index in [1.807, 2.05) is 26.8 Å². The summed E-state index contributed by atoms with van der Waals surface area (Å²) in [6, 6.07) is 5.27. The minimum atomic E-state index is -0.166. The summed E-state index contributed by atoms with van der Waals surface area (Å²) in [4.78, 5) is 23.7. The highest BCUT2D eigenvalue weighted by molar-refractivity contribution is 5.98. The van der Waals surface area contributed by atoms with E-state index in [1.54, 1.807) is 19.2 Å². The van der Waals surface area contributed by atoms with Gasteiger partial charge in [0.05, 0.1) is 0 Å². The lowest BCUT2D eigenvalue weighted by atomic mass is 10.1. The van der Waals surface area contributed by atoms with Gasteiger partial charge in [-0.05, 0) is 31.2 Å². The first-order valence-electron chi connectivity index (χ1n) is 6.83. The third-order valence-corrected chi connectivity index (χ3v) is 3.13. The highest BCUT2D eigenvalue weighted by Crippen LogP contribution is 2.17. The number of hydrogen-bond donors (Lipinski definition) is 3. The Hall–Kier alpha value is -1.88. The molecular formula is C15H23N3O2. The average Bonchev–Trinajstić information content (AvgIpc) is 2.45. The summed E-state index contributed by atoms with van der Waals surface area (Å²) in [6.07, 6.45) is 0. The average molecular weight is 277 g/mol. The number of rotatable bonds is 6. The van der Waals surface area contributed by atoms with E-state index < -0.39 is 0 Å². The molecule has 0 radical (unpaired) electrons. The van der Waals surface area contributed by atoms with E-state index in [9.17, 15) is 9.59 Å². The quantitative estimate of drug-likeness (QED) is 0.738. The van der Waals surface area contributed by atoms with Crippen LogP contribution in [0.25, 0.3) is 0 Å². The lowest BCUT2D eigenvalue weighted by molar-refractivity contribution is -0.119. The summed E-state index contributed by atoms with van der Waals surface area (Å²) in [5.41, 5.74) is 2.15. The number of carbonyl (C=O) groups is 2.